The fourth-order valence-corrected chi connectivity index (χ4v) is 5.13. The van der Waals surface area contributed by atoms with Gasteiger partial charge in [-0.1, -0.05) is 33.1 Å². The minimum absolute atomic E-state index is 0.178. The molecule has 0 unspecified atom stereocenters. The summed E-state index contributed by atoms with van der Waals surface area (Å²) in [4.78, 5) is 26.3. The second-order valence-electron chi connectivity index (χ2n) is 7.59. The van der Waals surface area contributed by atoms with Crippen molar-refractivity contribution in [1.82, 2.24) is 5.32 Å². The topological polar surface area (TPSA) is 55.4 Å². The quantitative estimate of drug-likeness (QED) is 0.801. The zero-order valence-electron chi connectivity index (χ0n) is 15.3. The van der Waals surface area contributed by atoms with Gasteiger partial charge in [0.2, 0.25) is 0 Å². The molecule has 1 amide bonds. The molecule has 1 aromatic heterocycles. The maximum atomic E-state index is 12.3. The molecule has 138 valence electrons. The summed E-state index contributed by atoms with van der Waals surface area (Å²) in [6.07, 6.45) is 9.11. The summed E-state index contributed by atoms with van der Waals surface area (Å²) in [5, 5.41) is 3.03. The first-order valence-electron chi connectivity index (χ1n) is 9.65. The molecular formula is C20H29NO3S. The first-order chi connectivity index (χ1) is 12.1. The second-order valence-corrected chi connectivity index (χ2v) is 8.72. The lowest BCUT2D eigenvalue weighted by Gasteiger charge is -2.29. The number of thiophene rings is 1. The molecule has 0 aromatic carbocycles. The fourth-order valence-electron chi connectivity index (χ4n) is 4.03. The SMILES string of the molecule is CC[C@H]1CCc2sc(C(=O)OCC(=O)N[C@@H]3CCCC[C@@H]3C)cc2C1. The number of nitrogens with one attached hydrogen (secondary N) is 1. The highest BCUT2D eigenvalue weighted by atomic mass is 32.1. The van der Waals surface area contributed by atoms with E-state index >= 15 is 0 Å². The van der Waals surface area contributed by atoms with Crippen LogP contribution in [-0.2, 0) is 22.4 Å². The number of amides is 1. The highest BCUT2D eigenvalue weighted by molar-refractivity contribution is 7.14. The van der Waals surface area contributed by atoms with E-state index in [1.54, 1.807) is 0 Å². The van der Waals surface area contributed by atoms with Gasteiger partial charge in [-0.2, -0.15) is 0 Å². The van der Waals surface area contributed by atoms with Crippen molar-refractivity contribution in [3.05, 3.63) is 21.4 Å². The van der Waals surface area contributed by atoms with Crippen LogP contribution in [0, 0.1) is 11.8 Å². The van der Waals surface area contributed by atoms with Crippen LogP contribution in [0.2, 0.25) is 0 Å². The minimum atomic E-state index is -0.362. The lowest BCUT2D eigenvalue weighted by molar-refractivity contribution is -0.125. The number of esters is 1. The lowest BCUT2D eigenvalue weighted by Crippen LogP contribution is -2.42. The van der Waals surface area contributed by atoms with E-state index in [2.05, 4.69) is 19.2 Å². The zero-order valence-corrected chi connectivity index (χ0v) is 16.1. The zero-order chi connectivity index (χ0) is 17.8. The largest absolute Gasteiger partial charge is 0.451 e. The van der Waals surface area contributed by atoms with Crippen LogP contribution in [-0.4, -0.2) is 24.5 Å². The van der Waals surface area contributed by atoms with Gasteiger partial charge in [0, 0.05) is 10.9 Å². The van der Waals surface area contributed by atoms with Crippen molar-refractivity contribution in [2.75, 3.05) is 6.61 Å². The molecule has 1 saturated carbocycles. The van der Waals surface area contributed by atoms with Gasteiger partial charge in [-0.15, -0.1) is 11.3 Å². The summed E-state index contributed by atoms with van der Waals surface area (Å²) in [5.74, 6) is 0.692. The maximum absolute atomic E-state index is 12.3. The van der Waals surface area contributed by atoms with E-state index in [4.69, 9.17) is 4.74 Å². The molecule has 0 saturated heterocycles. The third-order valence-corrected chi connectivity index (χ3v) is 6.97. The number of aryl methyl sites for hydroxylation is 1. The summed E-state index contributed by atoms with van der Waals surface area (Å²) >= 11 is 1.54. The number of hydrogen-bond acceptors (Lipinski definition) is 4. The Morgan fingerprint density at radius 1 is 1.28 bits per heavy atom. The van der Waals surface area contributed by atoms with Gasteiger partial charge in [-0.05, 0) is 55.6 Å². The van der Waals surface area contributed by atoms with Crippen LogP contribution in [0.15, 0.2) is 6.07 Å². The summed E-state index contributed by atoms with van der Waals surface area (Å²) in [6.45, 7) is 4.22. The van der Waals surface area contributed by atoms with Gasteiger partial charge in [0.15, 0.2) is 6.61 Å². The van der Waals surface area contributed by atoms with Crippen molar-refractivity contribution in [2.45, 2.75) is 71.3 Å². The van der Waals surface area contributed by atoms with Crippen molar-refractivity contribution >= 4 is 23.2 Å². The van der Waals surface area contributed by atoms with Crippen molar-refractivity contribution < 1.29 is 14.3 Å². The van der Waals surface area contributed by atoms with E-state index in [0.717, 1.165) is 38.0 Å². The summed E-state index contributed by atoms with van der Waals surface area (Å²) in [5.41, 5.74) is 1.30. The first kappa shape index (κ1) is 18.4. The molecule has 3 rings (SSSR count). The van der Waals surface area contributed by atoms with Crippen LogP contribution in [0.1, 0.15) is 72.5 Å². The highest BCUT2D eigenvalue weighted by Gasteiger charge is 2.25. The molecule has 4 nitrogen and oxygen atoms in total. The Morgan fingerprint density at radius 2 is 2.08 bits per heavy atom. The van der Waals surface area contributed by atoms with E-state index in [0.29, 0.717) is 10.8 Å². The summed E-state index contributed by atoms with van der Waals surface area (Å²) in [6, 6.07) is 2.20. The molecule has 1 heterocycles. The smallest absolute Gasteiger partial charge is 0.348 e. The Labute approximate surface area is 154 Å². The van der Waals surface area contributed by atoms with Gasteiger partial charge >= 0.3 is 5.97 Å². The van der Waals surface area contributed by atoms with Gasteiger partial charge in [0.25, 0.3) is 5.91 Å². The van der Waals surface area contributed by atoms with Gasteiger partial charge < -0.3 is 10.1 Å². The molecule has 25 heavy (non-hydrogen) atoms. The molecule has 0 bridgehead atoms. The van der Waals surface area contributed by atoms with E-state index < -0.39 is 0 Å². The predicted octanol–water partition coefficient (Wildman–Crippen LogP) is 4.11. The number of carbonyl (C=O) groups excluding carboxylic acids is 2. The first-order valence-corrected chi connectivity index (χ1v) is 10.5. The van der Waals surface area contributed by atoms with E-state index in [1.165, 1.54) is 41.0 Å². The molecule has 2 aliphatic carbocycles. The van der Waals surface area contributed by atoms with Crippen LogP contribution in [0.4, 0.5) is 0 Å². The molecule has 1 N–H and O–H groups in total. The number of ether oxygens (including phenoxy) is 1. The minimum Gasteiger partial charge on any atom is -0.451 e. The lowest BCUT2D eigenvalue weighted by atomic mass is 9.86. The summed E-state index contributed by atoms with van der Waals surface area (Å²) < 4.78 is 5.26. The normalized spacial score (nSPS) is 25.9. The third-order valence-electron chi connectivity index (χ3n) is 5.76. The van der Waals surface area contributed by atoms with Crippen molar-refractivity contribution in [3.8, 4) is 0 Å². The molecule has 5 heteroatoms. The molecule has 1 aromatic rings. The fraction of sp³-hybridized carbons (Fsp3) is 0.700. The van der Waals surface area contributed by atoms with Gasteiger partial charge in [0.1, 0.15) is 4.88 Å². The number of carbonyl (C=O) groups is 2. The van der Waals surface area contributed by atoms with E-state index in [-0.39, 0.29) is 24.5 Å². The van der Waals surface area contributed by atoms with E-state index in [9.17, 15) is 9.59 Å². The molecule has 2 aliphatic rings. The average Bonchev–Trinajstić information content (AvgIpc) is 3.04. The monoisotopic (exact) mass is 363 g/mol. The number of fused-ring (bicyclic) bond motifs is 1. The number of hydrogen-bond donors (Lipinski definition) is 1. The van der Waals surface area contributed by atoms with Crippen LogP contribution < -0.4 is 5.32 Å². The Hall–Kier alpha value is -1.36. The average molecular weight is 364 g/mol. The Morgan fingerprint density at radius 3 is 2.84 bits per heavy atom. The van der Waals surface area contributed by atoms with Crippen LogP contribution in [0.25, 0.3) is 0 Å². The van der Waals surface area contributed by atoms with Gasteiger partial charge in [-0.3, -0.25) is 4.79 Å². The van der Waals surface area contributed by atoms with Crippen molar-refractivity contribution in [1.29, 1.82) is 0 Å². The van der Waals surface area contributed by atoms with Gasteiger partial charge in [-0.25, -0.2) is 4.79 Å². The van der Waals surface area contributed by atoms with Crippen LogP contribution >= 0.6 is 11.3 Å². The molecule has 0 aliphatic heterocycles. The Bertz CT molecular complexity index is 624. The Balaban J connectivity index is 1.49. The van der Waals surface area contributed by atoms with E-state index in [1.807, 2.05) is 6.07 Å². The van der Waals surface area contributed by atoms with Crippen molar-refractivity contribution in [3.63, 3.8) is 0 Å². The maximum Gasteiger partial charge on any atom is 0.348 e. The summed E-state index contributed by atoms with van der Waals surface area (Å²) in [7, 11) is 0. The van der Waals surface area contributed by atoms with Crippen LogP contribution in [0.5, 0.6) is 0 Å². The Kier molecular flexibility index (Phi) is 6.15. The molecule has 0 spiro atoms. The predicted molar refractivity (Wildman–Crippen MR) is 100.0 cm³/mol. The molecule has 0 radical (unpaired) electrons. The highest BCUT2D eigenvalue weighted by Crippen LogP contribution is 2.33. The molecule has 3 atom stereocenters. The van der Waals surface area contributed by atoms with Crippen LogP contribution in [0.3, 0.4) is 0 Å². The third kappa shape index (κ3) is 4.63. The molecular weight excluding hydrogens is 334 g/mol. The standard InChI is InChI=1S/C20H29NO3S/c1-3-14-8-9-17-15(10-14)11-18(25-17)20(23)24-12-19(22)21-16-7-5-4-6-13(16)2/h11,13-14,16H,3-10,12H2,1-2H3,(H,21,22)/t13-,14-,16+/m0/s1. The second kappa shape index (κ2) is 8.35. The molecule has 1 fully saturated rings. The number of rotatable bonds is 5. The van der Waals surface area contributed by atoms with Gasteiger partial charge in [0.05, 0.1) is 0 Å². The van der Waals surface area contributed by atoms with Crippen molar-refractivity contribution in [2.24, 2.45) is 11.8 Å².